The Morgan fingerprint density at radius 2 is 1.84 bits per heavy atom. The molecule has 0 fully saturated rings. The van der Waals surface area contributed by atoms with Gasteiger partial charge in [0.1, 0.15) is 5.75 Å². The van der Waals surface area contributed by atoms with Crippen LogP contribution in [0.25, 0.3) is 0 Å². The van der Waals surface area contributed by atoms with Gasteiger partial charge in [-0.05, 0) is 62.2 Å². The number of rotatable bonds is 5. The van der Waals surface area contributed by atoms with Gasteiger partial charge in [0.2, 0.25) is 0 Å². The Hall–Kier alpha value is -2.05. The lowest BCUT2D eigenvalue weighted by Crippen LogP contribution is -2.28. The van der Waals surface area contributed by atoms with Crippen LogP contribution in [-0.2, 0) is 10.8 Å². The smallest absolute Gasteiger partial charge is 0.319 e. The average molecular weight is 381 g/mol. The van der Waals surface area contributed by atoms with Crippen molar-refractivity contribution in [2.24, 2.45) is 0 Å². The lowest BCUT2D eigenvalue weighted by molar-refractivity contribution is 0.252. The summed E-state index contributed by atoms with van der Waals surface area (Å²) in [7, 11) is 0.0770. The maximum atomic E-state index is 13.1. The number of carbonyl (C=O) groups excluding carboxylic acids is 1. The zero-order valence-electron chi connectivity index (χ0n) is 14.6. The first-order valence-electron chi connectivity index (χ1n) is 7.78. The Balaban J connectivity index is 2.41. The predicted octanol–water partition coefficient (Wildman–Crippen LogP) is 4.27. The van der Waals surface area contributed by atoms with Crippen LogP contribution >= 0.6 is 11.6 Å². The monoisotopic (exact) mass is 380 g/mol. The molecule has 2 N–H and O–H groups in total. The van der Waals surface area contributed by atoms with Crippen molar-refractivity contribution >= 4 is 34.1 Å². The molecule has 2 rings (SSSR count). The molecule has 0 aliphatic carbocycles. The summed E-state index contributed by atoms with van der Waals surface area (Å²) in [4.78, 5) is 12.9. The Bertz CT molecular complexity index is 801. The Labute approximate surface area is 155 Å². The normalized spacial score (nSPS) is 11.7. The number of hydrogen-bond donors (Lipinski definition) is 2. The molecule has 5 nitrogen and oxygen atoms in total. The first-order valence-corrected chi connectivity index (χ1v) is 9.31. The second-order valence-electron chi connectivity index (χ2n) is 5.49. The molecule has 1 atom stereocenters. The van der Waals surface area contributed by atoms with Crippen molar-refractivity contribution in [3.8, 4) is 5.75 Å². The lowest BCUT2D eigenvalue weighted by atomic mass is 10.1. The summed E-state index contributed by atoms with van der Waals surface area (Å²) < 4.78 is 18.4. The summed E-state index contributed by atoms with van der Waals surface area (Å²) in [5.74, 6) is 0.519. The van der Waals surface area contributed by atoms with Gasteiger partial charge in [-0.2, -0.15) is 0 Å². The van der Waals surface area contributed by atoms with Crippen molar-refractivity contribution in [2.45, 2.75) is 30.6 Å². The molecule has 0 aliphatic rings. The number of urea groups is 1. The van der Waals surface area contributed by atoms with E-state index in [1.54, 1.807) is 30.3 Å². The van der Waals surface area contributed by atoms with E-state index >= 15 is 0 Å². The summed E-state index contributed by atoms with van der Waals surface area (Å²) >= 11 is 6.05. The van der Waals surface area contributed by atoms with Crippen molar-refractivity contribution in [1.82, 2.24) is 5.32 Å². The van der Waals surface area contributed by atoms with Crippen LogP contribution < -0.4 is 15.4 Å². The zero-order chi connectivity index (χ0) is 18.6. The minimum atomic E-state index is -1.45. The van der Waals surface area contributed by atoms with Crippen LogP contribution in [-0.4, -0.2) is 23.9 Å². The van der Waals surface area contributed by atoms with Gasteiger partial charge in [-0.1, -0.05) is 11.6 Å². The summed E-state index contributed by atoms with van der Waals surface area (Å²) in [6.07, 6.45) is 0. The lowest BCUT2D eigenvalue weighted by Gasteiger charge is -2.15. The maximum absolute atomic E-state index is 13.1. The third-order valence-corrected chi connectivity index (χ3v) is 5.53. The largest absolute Gasteiger partial charge is 0.495 e. The molecular formula is C18H21ClN2O3S. The van der Waals surface area contributed by atoms with Gasteiger partial charge in [-0.15, -0.1) is 0 Å². The van der Waals surface area contributed by atoms with Gasteiger partial charge in [-0.25, -0.2) is 9.00 Å². The van der Waals surface area contributed by atoms with E-state index in [4.69, 9.17) is 16.3 Å². The standard InChI is InChI=1S/C18H21ClN2O3S/c1-5-20-18(22)21-14-8-11(2)17(12(3)9-14)25(23)16-10-13(19)6-7-15(16)24-4/h6-10H,5H2,1-4H3,(H2,20,21,22). The van der Waals surface area contributed by atoms with Crippen molar-refractivity contribution in [3.63, 3.8) is 0 Å². The third-order valence-electron chi connectivity index (χ3n) is 3.57. The van der Waals surface area contributed by atoms with Crippen LogP contribution in [0.3, 0.4) is 0 Å². The highest BCUT2D eigenvalue weighted by molar-refractivity contribution is 7.85. The molecule has 134 valence electrons. The van der Waals surface area contributed by atoms with Crippen molar-refractivity contribution < 1.29 is 13.7 Å². The predicted molar refractivity (Wildman–Crippen MR) is 101 cm³/mol. The molecule has 0 aliphatic heterocycles. The number of ether oxygens (including phenoxy) is 1. The van der Waals surface area contributed by atoms with Crippen LogP contribution in [0.15, 0.2) is 40.1 Å². The first-order chi connectivity index (χ1) is 11.9. The second-order valence-corrected chi connectivity index (χ2v) is 7.31. The summed E-state index contributed by atoms with van der Waals surface area (Å²) in [6.45, 7) is 6.11. The molecule has 2 amide bonds. The number of hydrogen-bond acceptors (Lipinski definition) is 3. The number of methoxy groups -OCH3 is 1. The summed E-state index contributed by atoms with van der Waals surface area (Å²) in [6, 6.07) is 8.37. The van der Waals surface area contributed by atoms with Gasteiger partial charge >= 0.3 is 6.03 Å². The molecule has 7 heteroatoms. The van der Waals surface area contributed by atoms with E-state index in [2.05, 4.69) is 10.6 Å². The van der Waals surface area contributed by atoms with Gasteiger partial charge in [0.25, 0.3) is 0 Å². The van der Waals surface area contributed by atoms with Crippen LogP contribution in [0.2, 0.25) is 5.02 Å². The molecular weight excluding hydrogens is 360 g/mol. The third kappa shape index (κ3) is 4.52. The van der Waals surface area contributed by atoms with Crippen molar-refractivity contribution in [2.75, 3.05) is 19.0 Å². The molecule has 0 bridgehead atoms. The molecule has 25 heavy (non-hydrogen) atoms. The minimum Gasteiger partial charge on any atom is -0.495 e. The van der Waals surface area contributed by atoms with Gasteiger partial charge in [0, 0.05) is 22.2 Å². The van der Waals surface area contributed by atoms with E-state index in [0.717, 1.165) is 11.1 Å². The topological polar surface area (TPSA) is 67.4 Å². The number of aryl methyl sites for hydroxylation is 2. The van der Waals surface area contributed by atoms with Gasteiger partial charge in [0.15, 0.2) is 0 Å². The van der Waals surface area contributed by atoms with Crippen molar-refractivity contribution in [3.05, 3.63) is 46.5 Å². The van der Waals surface area contributed by atoms with Crippen LogP contribution in [0.1, 0.15) is 18.1 Å². The van der Waals surface area contributed by atoms with Gasteiger partial charge < -0.3 is 15.4 Å². The van der Waals surface area contributed by atoms with E-state index in [-0.39, 0.29) is 6.03 Å². The Kier molecular flexibility index (Phi) is 6.45. The summed E-state index contributed by atoms with van der Waals surface area (Å²) in [5.41, 5.74) is 2.28. The van der Waals surface area contributed by atoms with Gasteiger partial charge in [0.05, 0.1) is 22.8 Å². The number of halogens is 1. The first kappa shape index (κ1) is 19.3. The SMILES string of the molecule is CCNC(=O)Nc1cc(C)c(S(=O)c2cc(Cl)ccc2OC)c(C)c1. The van der Waals surface area contributed by atoms with E-state index in [9.17, 15) is 9.00 Å². The van der Waals surface area contributed by atoms with Crippen LogP contribution in [0.4, 0.5) is 10.5 Å². The maximum Gasteiger partial charge on any atom is 0.319 e. The van der Waals surface area contributed by atoms with Crippen molar-refractivity contribution in [1.29, 1.82) is 0 Å². The number of amides is 2. The van der Waals surface area contributed by atoms with E-state index in [1.807, 2.05) is 20.8 Å². The number of anilines is 1. The van der Waals surface area contributed by atoms with Gasteiger partial charge in [-0.3, -0.25) is 0 Å². The molecule has 1 unspecified atom stereocenters. The molecule has 2 aromatic carbocycles. The number of carbonyl (C=O) groups is 1. The Morgan fingerprint density at radius 1 is 1.20 bits per heavy atom. The highest BCUT2D eigenvalue weighted by Crippen LogP contribution is 2.33. The molecule has 0 saturated carbocycles. The fourth-order valence-electron chi connectivity index (χ4n) is 2.56. The minimum absolute atomic E-state index is 0.272. The van der Waals surface area contributed by atoms with E-state index < -0.39 is 10.8 Å². The quantitative estimate of drug-likeness (QED) is 0.813. The number of nitrogens with one attached hydrogen (secondary N) is 2. The summed E-state index contributed by atoms with van der Waals surface area (Å²) in [5, 5.41) is 5.94. The zero-order valence-corrected chi connectivity index (χ0v) is 16.2. The Morgan fingerprint density at radius 3 is 2.40 bits per heavy atom. The highest BCUT2D eigenvalue weighted by atomic mass is 35.5. The van der Waals surface area contributed by atoms with E-state index in [1.165, 1.54) is 7.11 Å². The van der Waals surface area contributed by atoms with E-state index in [0.29, 0.717) is 32.8 Å². The molecule has 0 radical (unpaired) electrons. The molecule has 0 aromatic heterocycles. The highest BCUT2D eigenvalue weighted by Gasteiger charge is 2.18. The van der Waals surface area contributed by atoms with Crippen LogP contribution in [0.5, 0.6) is 5.75 Å². The fraction of sp³-hybridized carbons (Fsp3) is 0.278. The second kappa shape index (κ2) is 8.36. The fourth-order valence-corrected chi connectivity index (χ4v) is 4.28. The molecule has 0 heterocycles. The average Bonchev–Trinajstić information content (AvgIpc) is 2.54. The number of benzene rings is 2. The molecule has 0 spiro atoms. The van der Waals surface area contributed by atoms with Crippen LogP contribution in [0, 0.1) is 13.8 Å². The molecule has 2 aromatic rings. The molecule has 0 saturated heterocycles.